The predicted molar refractivity (Wildman–Crippen MR) is 246 cm³/mol. The lowest BCUT2D eigenvalue weighted by Gasteiger charge is -2.36. The number of carbonyl (C=O) groups excluding carboxylic acids is 5. The lowest BCUT2D eigenvalue weighted by molar-refractivity contribution is -0.134. The first kappa shape index (κ1) is 44.7. The Bertz CT molecular complexity index is 2300. The van der Waals surface area contributed by atoms with Crippen LogP contribution >= 0.6 is 0 Å². The molecule has 4 aromatic carbocycles. The highest BCUT2D eigenvalue weighted by Gasteiger charge is 2.30. The molecule has 13 nitrogen and oxygen atoms in total. The number of carbonyl (C=O) groups is 5. The average molecular weight is 873 g/mol. The predicted octanol–water partition coefficient (Wildman–Crippen LogP) is 6.26. The van der Waals surface area contributed by atoms with Crippen LogP contribution in [0.4, 0.5) is 20.6 Å². The maximum atomic E-state index is 14.7. The number of likely N-dealkylation sites (tertiary alicyclic amines) is 1. The molecular formula is C50H61FN8O5. The van der Waals surface area contributed by atoms with Crippen LogP contribution in [0, 0.1) is 11.7 Å². The van der Waals surface area contributed by atoms with Gasteiger partial charge < -0.3 is 25.3 Å². The van der Waals surface area contributed by atoms with Crippen molar-refractivity contribution in [3.63, 3.8) is 0 Å². The second kappa shape index (κ2) is 20.8. The molecule has 2 atom stereocenters. The van der Waals surface area contributed by atoms with Crippen molar-refractivity contribution in [1.29, 1.82) is 0 Å². The van der Waals surface area contributed by atoms with Gasteiger partial charge in [0.2, 0.25) is 23.6 Å². The van der Waals surface area contributed by atoms with Gasteiger partial charge in [-0.1, -0.05) is 54.6 Å². The molecule has 14 heteroatoms. The van der Waals surface area contributed by atoms with Crippen LogP contribution < -0.4 is 20.9 Å². The van der Waals surface area contributed by atoms with Gasteiger partial charge in [-0.05, 0) is 116 Å². The van der Waals surface area contributed by atoms with Gasteiger partial charge in [0.05, 0.1) is 5.92 Å². The Labute approximate surface area is 375 Å². The maximum Gasteiger partial charge on any atom is 0.321 e. The number of piperazine rings is 2. The SMILES string of the molecule is C[C@H](c1cccc2ccccc12)N1CCC(C(=O)NCc2cc(F)cc(NC(=O)N3CCN(CCCCC(=O)N4CCN(c5ccc(C6CCC(=O)NC6=O)cc5)CC4)CC3)c2)CC1. The Balaban J connectivity index is 0.698. The van der Waals surface area contributed by atoms with Crippen molar-refractivity contribution in [3.05, 3.63) is 107 Å². The number of nitrogens with zero attached hydrogens (tertiary/aromatic N) is 5. The van der Waals surface area contributed by atoms with Gasteiger partial charge in [0.15, 0.2) is 0 Å². The summed E-state index contributed by atoms with van der Waals surface area (Å²) in [5.74, 6) is -1.17. The number of rotatable bonds is 13. The van der Waals surface area contributed by atoms with Crippen LogP contribution in [0.5, 0.6) is 0 Å². The summed E-state index contributed by atoms with van der Waals surface area (Å²) >= 11 is 0. The number of fused-ring (bicyclic) bond motifs is 1. The average Bonchev–Trinajstić information content (AvgIpc) is 3.32. The van der Waals surface area contributed by atoms with Crippen molar-refractivity contribution in [2.45, 2.75) is 70.4 Å². The van der Waals surface area contributed by atoms with Gasteiger partial charge in [0.1, 0.15) is 5.82 Å². The Kier molecular flexibility index (Phi) is 14.5. The second-order valence-electron chi connectivity index (χ2n) is 17.8. The first-order valence-electron chi connectivity index (χ1n) is 23.1. The zero-order valence-corrected chi connectivity index (χ0v) is 36.9. The minimum atomic E-state index is -0.473. The van der Waals surface area contributed by atoms with E-state index in [0.29, 0.717) is 56.7 Å². The van der Waals surface area contributed by atoms with Crippen molar-refractivity contribution in [3.8, 4) is 0 Å². The molecule has 6 amide bonds. The minimum Gasteiger partial charge on any atom is -0.368 e. The van der Waals surface area contributed by atoms with Crippen LogP contribution in [0.25, 0.3) is 10.8 Å². The molecule has 0 spiro atoms. The van der Waals surface area contributed by atoms with Gasteiger partial charge in [-0.2, -0.15) is 0 Å². The smallest absolute Gasteiger partial charge is 0.321 e. The lowest BCUT2D eigenvalue weighted by Crippen LogP contribution is -2.50. The highest BCUT2D eigenvalue weighted by molar-refractivity contribution is 6.01. The number of urea groups is 1. The van der Waals surface area contributed by atoms with Crippen molar-refractivity contribution in [1.82, 2.24) is 30.2 Å². The molecule has 4 heterocycles. The van der Waals surface area contributed by atoms with Crippen molar-refractivity contribution < 1.29 is 28.4 Å². The quantitative estimate of drug-likeness (QED) is 0.106. The number of hydrogen-bond donors (Lipinski definition) is 3. The summed E-state index contributed by atoms with van der Waals surface area (Å²) in [6.07, 6.45) is 4.60. The standard InChI is InChI=1S/C50H61FN8O5/c1-35(43-10-6-8-37-7-2-3-9-44(37)43)56-21-18-39(19-22-56)48(62)52-34-36-31-40(51)33-41(32-36)53-50(64)59-25-23-55(24-26-59)20-5-4-11-47(61)58-29-27-57(28-30-58)42-14-12-38(13-15-42)45-16-17-46(60)54-49(45)63/h2-3,6-10,12-15,31-33,35,39,45H,4-5,11,16-30,34H2,1H3,(H,52,62)(H,53,64)(H,54,60,63)/t35-,45?/m1/s1. The van der Waals surface area contributed by atoms with Crippen molar-refractivity contribution in [2.75, 3.05) is 82.2 Å². The number of imide groups is 1. The number of benzene rings is 4. The van der Waals surface area contributed by atoms with Crippen LogP contribution in [-0.4, -0.2) is 121 Å². The van der Waals surface area contributed by atoms with Crippen molar-refractivity contribution >= 4 is 51.8 Å². The van der Waals surface area contributed by atoms with Gasteiger partial charge in [-0.15, -0.1) is 0 Å². The van der Waals surface area contributed by atoms with Gasteiger partial charge in [-0.25, -0.2) is 9.18 Å². The van der Waals surface area contributed by atoms with E-state index in [1.165, 1.54) is 28.5 Å². The number of halogens is 1. The second-order valence-corrected chi connectivity index (χ2v) is 17.8. The van der Waals surface area contributed by atoms with E-state index >= 15 is 0 Å². The molecule has 64 heavy (non-hydrogen) atoms. The summed E-state index contributed by atoms with van der Waals surface area (Å²) in [5.41, 5.74) is 4.22. The van der Waals surface area contributed by atoms with Crippen LogP contribution in [0.1, 0.15) is 80.5 Å². The summed E-state index contributed by atoms with van der Waals surface area (Å²) in [6.45, 7) is 10.3. The number of hydrogen-bond acceptors (Lipinski definition) is 8. The molecule has 4 aliphatic heterocycles. The Morgan fingerprint density at radius 1 is 0.781 bits per heavy atom. The third-order valence-corrected chi connectivity index (χ3v) is 13.7. The van der Waals surface area contributed by atoms with Gasteiger partial charge in [-0.3, -0.25) is 34.3 Å². The maximum absolute atomic E-state index is 14.7. The van der Waals surface area contributed by atoms with E-state index in [0.717, 1.165) is 82.7 Å². The van der Waals surface area contributed by atoms with E-state index in [-0.39, 0.29) is 54.1 Å². The molecule has 0 radical (unpaired) electrons. The largest absolute Gasteiger partial charge is 0.368 e. The van der Waals surface area contributed by atoms with Crippen LogP contribution in [0.3, 0.4) is 0 Å². The molecule has 4 saturated heterocycles. The normalized spacial score (nSPS) is 19.7. The molecule has 0 saturated carbocycles. The third-order valence-electron chi connectivity index (χ3n) is 13.7. The molecule has 0 aromatic heterocycles. The number of amides is 6. The molecule has 338 valence electrons. The number of anilines is 2. The molecule has 4 aliphatic rings. The van der Waals surface area contributed by atoms with E-state index in [4.69, 9.17) is 0 Å². The first-order valence-corrected chi connectivity index (χ1v) is 23.1. The fourth-order valence-electron chi connectivity index (χ4n) is 9.81. The Hall–Kier alpha value is -5.86. The van der Waals surface area contributed by atoms with Gasteiger partial charge in [0, 0.05) is 95.1 Å². The highest BCUT2D eigenvalue weighted by atomic mass is 19.1. The monoisotopic (exact) mass is 872 g/mol. The Morgan fingerprint density at radius 2 is 1.50 bits per heavy atom. The fraction of sp³-hybridized carbons (Fsp3) is 0.460. The van der Waals surface area contributed by atoms with E-state index in [2.05, 4.69) is 80.0 Å². The summed E-state index contributed by atoms with van der Waals surface area (Å²) in [5, 5.41) is 10.8. The van der Waals surface area contributed by atoms with E-state index < -0.39 is 5.82 Å². The van der Waals surface area contributed by atoms with Gasteiger partial charge >= 0.3 is 6.03 Å². The molecule has 0 aliphatic carbocycles. The summed E-state index contributed by atoms with van der Waals surface area (Å²) in [7, 11) is 0. The number of piperidine rings is 2. The van der Waals surface area contributed by atoms with Crippen LogP contribution in [0.15, 0.2) is 84.9 Å². The van der Waals surface area contributed by atoms with E-state index in [1.54, 1.807) is 11.0 Å². The summed E-state index contributed by atoms with van der Waals surface area (Å²) in [4.78, 5) is 74.0. The fourth-order valence-corrected chi connectivity index (χ4v) is 9.81. The number of unbranched alkanes of at least 4 members (excludes halogenated alkanes) is 1. The van der Waals surface area contributed by atoms with E-state index in [1.807, 2.05) is 29.2 Å². The lowest BCUT2D eigenvalue weighted by atomic mass is 9.90. The Morgan fingerprint density at radius 3 is 2.25 bits per heavy atom. The molecule has 0 bridgehead atoms. The van der Waals surface area contributed by atoms with Crippen LogP contribution in [-0.2, 0) is 25.7 Å². The summed E-state index contributed by atoms with van der Waals surface area (Å²) < 4.78 is 14.7. The zero-order valence-electron chi connectivity index (χ0n) is 36.9. The zero-order chi connectivity index (χ0) is 44.6. The van der Waals surface area contributed by atoms with E-state index in [9.17, 15) is 28.4 Å². The molecule has 1 unspecified atom stereocenters. The molecule has 4 aromatic rings. The molecular weight excluding hydrogens is 812 g/mol. The summed E-state index contributed by atoms with van der Waals surface area (Å²) in [6, 6.07) is 27.2. The highest BCUT2D eigenvalue weighted by Crippen LogP contribution is 2.32. The van der Waals surface area contributed by atoms with Gasteiger partial charge in [0.25, 0.3) is 0 Å². The minimum absolute atomic E-state index is 0.0268. The molecule has 4 fully saturated rings. The molecule has 8 rings (SSSR count). The first-order chi connectivity index (χ1) is 31.1. The third kappa shape index (κ3) is 11.1. The topological polar surface area (TPSA) is 138 Å². The number of nitrogens with one attached hydrogen (secondary N) is 3. The van der Waals surface area contributed by atoms with Crippen molar-refractivity contribution in [2.24, 2.45) is 5.92 Å². The van der Waals surface area contributed by atoms with Crippen LogP contribution in [0.2, 0.25) is 0 Å². The molecule has 3 N–H and O–H groups in total.